The summed E-state index contributed by atoms with van der Waals surface area (Å²) in [4.78, 5) is 11.8. The lowest BCUT2D eigenvalue weighted by Crippen LogP contribution is -2.41. The molecule has 1 atom stereocenters. The van der Waals surface area contributed by atoms with E-state index >= 15 is 0 Å². The van der Waals surface area contributed by atoms with Crippen LogP contribution in [0.4, 0.5) is 4.79 Å². The molecule has 0 spiro atoms. The van der Waals surface area contributed by atoms with E-state index in [9.17, 15) is 9.90 Å². The molecule has 0 aromatic heterocycles. The van der Waals surface area contributed by atoms with E-state index in [0.29, 0.717) is 6.54 Å². The third-order valence-electron chi connectivity index (χ3n) is 1.50. The minimum Gasteiger partial charge on any atom is -0.452 e. The van der Waals surface area contributed by atoms with E-state index in [1.165, 1.54) is 4.90 Å². The van der Waals surface area contributed by atoms with Crippen molar-refractivity contribution in [1.29, 1.82) is 0 Å². The SMILES string of the molecule is CN(CCOC(=O)Cl)C(O)OC(C)(C)C. The van der Waals surface area contributed by atoms with Crippen molar-refractivity contribution in [3.63, 3.8) is 0 Å². The van der Waals surface area contributed by atoms with Crippen molar-refractivity contribution in [1.82, 2.24) is 4.90 Å². The maximum absolute atomic E-state index is 10.3. The van der Waals surface area contributed by atoms with Crippen LogP contribution in [0.25, 0.3) is 0 Å². The molecule has 0 rings (SSSR count). The summed E-state index contributed by atoms with van der Waals surface area (Å²) in [5.41, 5.74) is -1.29. The topological polar surface area (TPSA) is 59.0 Å². The highest BCUT2D eigenvalue weighted by Crippen LogP contribution is 2.10. The fourth-order valence-electron chi connectivity index (χ4n) is 0.787. The average Bonchev–Trinajstić information content (AvgIpc) is 1.99. The third-order valence-corrected chi connectivity index (χ3v) is 1.60. The Kier molecular flexibility index (Phi) is 6.12. The molecule has 0 heterocycles. The van der Waals surface area contributed by atoms with Crippen LogP contribution in [0.3, 0.4) is 0 Å². The van der Waals surface area contributed by atoms with Crippen LogP contribution >= 0.6 is 11.6 Å². The first-order chi connectivity index (χ1) is 6.72. The number of likely N-dealkylation sites (N-methyl/N-ethyl adjacent to an activating group) is 1. The zero-order valence-corrected chi connectivity index (χ0v) is 10.2. The molecule has 0 saturated heterocycles. The van der Waals surface area contributed by atoms with Gasteiger partial charge in [0.1, 0.15) is 6.61 Å². The van der Waals surface area contributed by atoms with Gasteiger partial charge in [-0.1, -0.05) is 0 Å². The lowest BCUT2D eigenvalue weighted by atomic mass is 10.2. The standard InChI is InChI=1S/C9H18ClNO4/c1-9(2,3)15-8(13)11(4)5-6-14-7(10)12/h8,13H,5-6H2,1-4H3. The number of aliphatic hydroxyl groups excluding tert-OH is 1. The van der Waals surface area contributed by atoms with Gasteiger partial charge in [0.05, 0.1) is 5.60 Å². The molecule has 0 radical (unpaired) electrons. The normalized spacial score (nSPS) is 14.1. The van der Waals surface area contributed by atoms with E-state index in [2.05, 4.69) is 4.74 Å². The Morgan fingerprint density at radius 2 is 2.07 bits per heavy atom. The van der Waals surface area contributed by atoms with Gasteiger partial charge in [0, 0.05) is 18.1 Å². The molecule has 0 aromatic carbocycles. The van der Waals surface area contributed by atoms with Crippen molar-refractivity contribution < 1.29 is 19.4 Å². The van der Waals surface area contributed by atoms with Crippen LogP contribution in [0.5, 0.6) is 0 Å². The Balaban J connectivity index is 3.79. The van der Waals surface area contributed by atoms with E-state index in [-0.39, 0.29) is 6.61 Å². The summed E-state index contributed by atoms with van der Waals surface area (Å²) < 4.78 is 9.78. The van der Waals surface area contributed by atoms with Gasteiger partial charge in [0.2, 0.25) is 6.41 Å². The molecule has 0 aromatic rings. The molecule has 90 valence electrons. The monoisotopic (exact) mass is 239 g/mol. The summed E-state index contributed by atoms with van der Waals surface area (Å²) >= 11 is 4.97. The molecule has 0 fully saturated rings. The quantitative estimate of drug-likeness (QED) is 0.580. The molecule has 15 heavy (non-hydrogen) atoms. The lowest BCUT2D eigenvalue weighted by molar-refractivity contribution is -0.233. The zero-order valence-electron chi connectivity index (χ0n) is 9.49. The van der Waals surface area contributed by atoms with Crippen molar-refractivity contribution in [3.8, 4) is 0 Å². The van der Waals surface area contributed by atoms with E-state index < -0.39 is 17.4 Å². The second-order valence-electron chi connectivity index (χ2n) is 4.12. The molecular weight excluding hydrogens is 222 g/mol. The molecule has 0 bridgehead atoms. The summed E-state index contributed by atoms with van der Waals surface area (Å²) in [6.07, 6.45) is -1.03. The van der Waals surface area contributed by atoms with Crippen LogP contribution in [-0.2, 0) is 9.47 Å². The molecule has 0 aliphatic carbocycles. The highest BCUT2D eigenvalue weighted by Gasteiger charge is 2.19. The summed E-state index contributed by atoms with van der Waals surface area (Å²) in [7, 11) is 1.65. The number of ether oxygens (including phenoxy) is 2. The average molecular weight is 240 g/mol. The van der Waals surface area contributed by atoms with Gasteiger partial charge in [-0.05, 0) is 27.8 Å². The van der Waals surface area contributed by atoms with Crippen molar-refractivity contribution >= 4 is 17.0 Å². The minimum absolute atomic E-state index is 0.114. The van der Waals surface area contributed by atoms with Crippen LogP contribution in [0.15, 0.2) is 0 Å². The zero-order chi connectivity index (χ0) is 12.1. The largest absolute Gasteiger partial charge is 0.452 e. The second-order valence-corrected chi connectivity index (χ2v) is 4.43. The number of hydrogen-bond acceptors (Lipinski definition) is 5. The van der Waals surface area contributed by atoms with Crippen LogP contribution in [0.2, 0.25) is 0 Å². The first-order valence-electron chi connectivity index (χ1n) is 4.61. The number of rotatable bonds is 5. The number of aliphatic hydroxyl groups is 1. The second kappa shape index (κ2) is 6.27. The maximum Gasteiger partial charge on any atom is 0.403 e. The first-order valence-corrected chi connectivity index (χ1v) is 4.98. The number of halogens is 1. The predicted molar refractivity (Wildman–Crippen MR) is 56.7 cm³/mol. The minimum atomic E-state index is -1.03. The fraction of sp³-hybridized carbons (Fsp3) is 0.889. The van der Waals surface area contributed by atoms with Gasteiger partial charge in [0.15, 0.2) is 0 Å². The van der Waals surface area contributed by atoms with Gasteiger partial charge < -0.3 is 14.6 Å². The van der Waals surface area contributed by atoms with E-state index in [1.807, 2.05) is 20.8 Å². The summed E-state index contributed by atoms with van der Waals surface area (Å²) in [5, 5.41) is 9.55. The number of carbonyl (C=O) groups excluding carboxylic acids is 1. The van der Waals surface area contributed by atoms with Crippen LogP contribution in [-0.4, -0.2) is 47.6 Å². The molecule has 5 nitrogen and oxygen atoms in total. The first kappa shape index (κ1) is 14.6. The van der Waals surface area contributed by atoms with Gasteiger partial charge in [-0.25, -0.2) is 4.79 Å². The van der Waals surface area contributed by atoms with Crippen molar-refractivity contribution in [2.24, 2.45) is 0 Å². The highest BCUT2D eigenvalue weighted by atomic mass is 35.5. The summed E-state index contributed by atoms with van der Waals surface area (Å²) in [6, 6.07) is 0. The molecule has 6 heteroatoms. The van der Waals surface area contributed by atoms with Crippen molar-refractivity contribution in [3.05, 3.63) is 0 Å². The Morgan fingerprint density at radius 1 is 1.53 bits per heavy atom. The molecular formula is C9H18ClNO4. The summed E-state index contributed by atoms with van der Waals surface area (Å²) in [6.45, 7) is 5.97. The van der Waals surface area contributed by atoms with Gasteiger partial charge >= 0.3 is 5.43 Å². The predicted octanol–water partition coefficient (Wildman–Crippen LogP) is 1.38. The third kappa shape index (κ3) is 8.62. The van der Waals surface area contributed by atoms with Gasteiger partial charge in [-0.2, -0.15) is 0 Å². The Hall–Kier alpha value is -0.360. The highest BCUT2D eigenvalue weighted by molar-refractivity contribution is 6.61. The van der Waals surface area contributed by atoms with Gasteiger partial charge in [0.25, 0.3) is 0 Å². The number of hydrogen-bond donors (Lipinski definition) is 1. The maximum atomic E-state index is 10.3. The van der Waals surface area contributed by atoms with Gasteiger partial charge in [-0.3, -0.25) is 4.90 Å². The molecule has 0 amide bonds. The van der Waals surface area contributed by atoms with E-state index in [0.717, 1.165) is 0 Å². The smallest absolute Gasteiger partial charge is 0.403 e. The number of nitrogens with zero attached hydrogens (tertiary/aromatic N) is 1. The van der Waals surface area contributed by atoms with Crippen LogP contribution in [0, 0.1) is 0 Å². The molecule has 0 saturated carbocycles. The van der Waals surface area contributed by atoms with E-state index in [1.54, 1.807) is 7.05 Å². The molecule has 0 aliphatic heterocycles. The lowest BCUT2D eigenvalue weighted by Gasteiger charge is -2.29. The van der Waals surface area contributed by atoms with Crippen molar-refractivity contribution in [2.45, 2.75) is 32.8 Å². The fourth-order valence-corrected chi connectivity index (χ4v) is 0.864. The Bertz CT molecular complexity index is 205. The van der Waals surface area contributed by atoms with E-state index in [4.69, 9.17) is 16.3 Å². The summed E-state index contributed by atoms with van der Waals surface area (Å²) in [5.74, 6) is 0. The molecule has 1 unspecified atom stereocenters. The molecule has 0 aliphatic rings. The number of carbonyl (C=O) groups is 1. The Labute approximate surface area is 94.9 Å². The molecule has 1 N–H and O–H groups in total. The van der Waals surface area contributed by atoms with Crippen LogP contribution in [0.1, 0.15) is 20.8 Å². The van der Waals surface area contributed by atoms with Gasteiger partial charge in [-0.15, -0.1) is 0 Å². The van der Waals surface area contributed by atoms with Crippen LogP contribution < -0.4 is 0 Å². The van der Waals surface area contributed by atoms with Crippen molar-refractivity contribution in [2.75, 3.05) is 20.2 Å². The Morgan fingerprint density at radius 3 is 2.47 bits per heavy atom.